The summed E-state index contributed by atoms with van der Waals surface area (Å²) in [6, 6.07) is 4.49. The Kier molecular flexibility index (Phi) is 5.59. The van der Waals surface area contributed by atoms with Crippen LogP contribution in [-0.4, -0.2) is 68.2 Å². The van der Waals surface area contributed by atoms with Gasteiger partial charge in [-0.05, 0) is 24.6 Å². The van der Waals surface area contributed by atoms with Gasteiger partial charge < -0.3 is 10.1 Å². The first-order valence-electron chi connectivity index (χ1n) is 8.60. The molecule has 0 spiro atoms. The van der Waals surface area contributed by atoms with E-state index >= 15 is 0 Å². The number of rotatable bonds is 5. The van der Waals surface area contributed by atoms with E-state index in [2.05, 4.69) is 5.32 Å². The van der Waals surface area contributed by atoms with Gasteiger partial charge >= 0.3 is 0 Å². The predicted octanol–water partition coefficient (Wildman–Crippen LogP) is 0.103. The van der Waals surface area contributed by atoms with Crippen LogP contribution in [0.25, 0.3) is 0 Å². The lowest BCUT2D eigenvalue weighted by Gasteiger charge is -2.26. The molecule has 2 fully saturated rings. The Hall–Kier alpha value is -2.30. The maximum Gasteiger partial charge on any atom is 0.244 e. The van der Waals surface area contributed by atoms with Crippen molar-refractivity contribution in [3.05, 3.63) is 23.8 Å². The van der Waals surface area contributed by atoms with Crippen LogP contribution in [0.4, 0.5) is 5.69 Å². The number of carbonyl (C=O) groups excluding carboxylic acids is 3. The van der Waals surface area contributed by atoms with Crippen LogP contribution in [0.15, 0.2) is 23.1 Å². The molecule has 0 unspecified atom stereocenters. The number of carbonyl (C=O) groups is 3. The molecule has 0 saturated carbocycles. The largest absolute Gasteiger partial charge is 0.379 e. The monoisotopic (exact) mass is 395 g/mol. The predicted molar refractivity (Wildman–Crippen MR) is 95.3 cm³/mol. The summed E-state index contributed by atoms with van der Waals surface area (Å²) >= 11 is 0. The van der Waals surface area contributed by atoms with Crippen LogP contribution >= 0.6 is 0 Å². The summed E-state index contributed by atoms with van der Waals surface area (Å²) < 4.78 is 32.0. The molecule has 3 amide bonds. The number of nitrogens with zero attached hydrogens (tertiary/aromatic N) is 2. The van der Waals surface area contributed by atoms with Crippen molar-refractivity contribution in [2.75, 3.05) is 38.2 Å². The Morgan fingerprint density at radius 1 is 1.15 bits per heavy atom. The third-order valence-corrected chi connectivity index (χ3v) is 6.44. The summed E-state index contributed by atoms with van der Waals surface area (Å²) in [5, 5.41) is 2.60. The zero-order chi connectivity index (χ0) is 19.6. The molecule has 0 bridgehead atoms. The molecule has 2 heterocycles. The average Bonchev–Trinajstić information content (AvgIpc) is 2.96. The highest BCUT2D eigenvalue weighted by Gasteiger charge is 2.31. The van der Waals surface area contributed by atoms with Gasteiger partial charge in [-0.15, -0.1) is 0 Å². The van der Waals surface area contributed by atoms with E-state index in [1.165, 1.54) is 16.4 Å². The minimum absolute atomic E-state index is 0.0682. The number of aryl methyl sites for hydroxylation is 1. The van der Waals surface area contributed by atoms with E-state index in [-0.39, 0.29) is 49.2 Å². The summed E-state index contributed by atoms with van der Waals surface area (Å²) in [4.78, 5) is 36.5. The molecule has 0 aliphatic carbocycles. The number of amides is 3. The van der Waals surface area contributed by atoms with Crippen molar-refractivity contribution in [1.82, 2.24) is 9.21 Å². The lowest BCUT2D eigenvalue weighted by atomic mass is 10.2. The van der Waals surface area contributed by atoms with Crippen molar-refractivity contribution in [2.45, 2.75) is 24.7 Å². The molecule has 146 valence electrons. The van der Waals surface area contributed by atoms with Crippen LogP contribution in [0, 0.1) is 6.92 Å². The van der Waals surface area contributed by atoms with Gasteiger partial charge in [-0.2, -0.15) is 4.31 Å². The molecular formula is C17H21N3O6S. The average molecular weight is 395 g/mol. The van der Waals surface area contributed by atoms with Crippen molar-refractivity contribution >= 4 is 33.4 Å². The van der Waals surface area contributed by atoms with Crippen LogP contribution in [0.5, 0.6) is 0 Å². The van der Waals surface area contributed by atoms with Gasteiger partial charge in [-0.1, -0.05) is 6.07 Å². The third-order valence-electron chi connectivity index (χ3n) is 4.55. The van der Waals surface area contributed by atoms with Crippen LogP contribution in [0.1, 0.15) is 18.4 Å². The molecule has 2 aliphatic heterocycles. The van der Waals surface area contributed by atoms with Gasteiger partial charge in [0, 0.05) is 31.6 Å². The standard InChI is InChI=1S/C17H21N3O6S/c1-12-2-3-13(27(24,25)19-6-8-26-9-7-19)10-14(12)18-15(21)11-20-16(22)4-5-17(20)23/h2-3,10H,4-9,11H2,1H3,(H,18,21). The summed E-state index contributed by atoms with van der Waals surface area (Å²) in [5.74, 6) is -1.31. The Labute approximate surface area is 157 Å². The number of imide groups is 1. The fourth-order valence-corrected chi connectivity index (χ4v) is 4.40. The second kappa shape index (κ2) is 7.75. The Balaban J connectivity index is 1.76. The maximum atomic E-state index is 12.8. The summed E-state index contributed by atoms with van der Waals surface area (Å²) in [6.45, 7) is 2.58. The molecule has 1 N–H and O–H groups in total. The number of likely N-dealkylation sites (tertiary alicyclic amines) is 1. The first kappa shape index (κ1) is 19.5. The van der Waals surface area contributed by atoms with Crippen molar-refractivity contribution in [1.29, 1.82) is 0 Å². The zero-order valence-electron chi connectivity index (χ0n) is 14.9. The second-order valence-corrected chi connectivity index (χ2v) is 8.35. The Bertz CT molecular complexity index is 861. The summed E-state index contributed by atoms with van der Waals surface area (Å²) in [7, 11) is -3.69. The van der Waals surface area contributed by atoms with E-state index in [0.717, 1.165) is 4.90 Å². The number of anilines is 1. The minimum atomic E-state index is -3.69. The Morgan fingerprint density at radius 3 is 2.41 bits per heavy atom. The second-order valence-electron chi connectivity index (χ2n) is 6.41. The van der Waals surface area contributed by atoms with Gasteiger partial charge in [0.15, 0.2) is 0 Å². The number of hydrogen-bond acceptors (Lipinski definition) is 6. The smallest absolute Gasteiger partial charge is 0.244 e. The van der Waals surface area contributed by atoms with Crippen LogP contribution in [0.3, 0.4) is 0 Å². The molecule has 0 radical (unpaired) electrons. The van der Waals surface area contributed by atoms with E-state index in [9.17, 15) is 22.8 Å². The molecule has 2 saturated heterocycles. The van der Waals surface area contributed by atoms with Gasteiger partial charge in [0.2, 0.25) is 27.7 Å². The number of sulfonamides is 1. The van der Waals surface area contributed by atoms with Crippen LogP contribution in [-0.2, 0) is 29.1 Å². The van der Waals surface area contributed by atoms with Crippen molar-refractivity contribution in [3.8, 4) is 0 Å². The fourth-order valence-electron chi connectivity index (χ4n) is 2.96. The lowest BCUT2D eigenvalue weighted by Crippen LogP contribution is -2.40. The molecule has 2 aliphatic rings. The van der Waals surface area contributed by atoms with Crippen molar-refractivity contribution < 1.29 is 27.5 Å². The molecule has 1 aromatic carbocycles. The Morgan fingerprint density at radius 2 is 1.78 bits per heavy atom. The molecule has 0 atom stereocenters. The molecular weight excluding hydrogens is 374 g/mol. The first-order valence-corrected chi connectivity index (χ1v) is 10.0. The molecule has 0 aromatic heterocycles. The SMILES string of the molecule is Cc1ccc(S(=O)(=O)N2CCOCC2)cc1NC(=O)CN1C(=O)CCC1=O. The van der Waals surface area contributed by atoms with E-state index in [0.29, 0.717) is 24.5 Å². The van der Waals surface area contributed by atoms with E-state index in [1.807, 2.05) is 0 Å². The highest BCUT2D eigenvalue weighted by atomic mass is 32.2. The first-order chi connectivity index (χ1) is 12.8. The highest BCUT2D eigenvalue weighted by molar-refractivity contribution is 7.89. The molecule has 27 heavy (non-hydrogen) atoms. The zero-order valence-corrected chi connectivity index (χ0v) is 15.8. The van der Waals surface area contributed by atoms with E-state index in [1.54, 1.807) is 13.0 Å². The van der Waals surface area contributed by atoms with Crippen molar-refractivity contribution in [3.63, 3.8) is 0 Å². The van der Waals surface area contributed by atoms with Gasteiger partial charge in [0.1, 0.15) is 6.54 Å². The number of morpholine rings is 1. The van der Waals surface area contributed by atoms with Gasteiger partial charge in [-0.25, -0.2) is 8.42 Å². The van der Waals surface area contributed by atoms with Crippen LogP contribution in [0.2, 0.25) is 0 Å². The molecule has 3 rings (SSSR count). The number of nitrogens with one attached hydrogen (secondary N) is 1. The highest BCUT2D eigenvalue weighted by Crippen LogP contribution is 2.24. The fraction of sp³-hybridized carbons (Fsp3) is 0.471. The van der Waals surface area contributed by atoms with Gasteiger partial charge in [-0.3, -0.25) is 19.3 Å². The lowest BCUT2D eigenvalue weighted by molar-refractivity contribution is -0.141. The van der Waals surface area contributed by atoms with E-state index in [4.69, 9.17) is 4.74 Å². The quantitative estimate of drug-likeness (QED) is 0.708. The minimum Gasteiger partial charge on any atom is -0.379 e. The number of ether oxygens (including phenoxy) is 1. The molecule has 10 heteroatoms. The third kappa shape index (κ3) is 4.18. The number of benzene rings is 1. The van der Waals surface area contributed by atoms with Gasteiger partial charge in [0.05, 0.1) is 18.1 Å². The summed E-state index contributed by atoms with van der Waals surface area (Å²) in [5.41, 5.74) is 0.997. The number of hydrogen-bond donors (Lipinski definition) is 1. The molecule has 9 nitrogen and oxygen atoms in total. The van der Waals surface area contributed by atoms with Crippen LogP contribution < -0.4 is 5.32 Å². The van der Waals surface area contributed by atoms with Crippen molar-refractivity contribution in [2.24, 2.45) is 0 Å². The normalized spacial score (nSPS) is 18.8. The van der Waals surface area contributed by atoms with E-state index < -0.39 is 15.9 Å². The topological polar surface area (TPSA) is 113 Å². The molecule has 1 aromatic rings. The maximum absolute atomic E-state index is 12.8. The summed E-state index contributed by atoms with van der Waals surface area (Å²) in [6.07, 6.45) is 0.219. The van der Waals surface area contributed by atoms with Gasteiger partial charge in [0.25, 0.3) is 0 Å².